The molecule has 1 aromatic heterocycles. The van der Waals surface area contributed by atoms with E-state index in [1.54, 1.807) is 6.07 Å². The summed E-state index contributed by atoms with van der Waals surface area (Å²) in [5.74, 6) is -0.330. The van der Waals surface area contributed by atoms with E-state index in [4.69, 9.17) is 0 Å². The van der Waals surface area contributed by atoms with Gasteiger partial charge in [-0.05, 0) is 30.5 Å². The van der Waals surface area contributed by atoms with Crippen LogP contribution in [0.4, 0.5) is 5.82 Å². The highest BCUT2D eigenvalue weighted by Gasteiger charge is 2.41. The third-order valence-electron chi connectivity index (χ3n) is 5.63. The van der Waals surface area contributed by atoms with Crippen molar-refractivity contribution in [2.75, 3.05) is 5.32 Å². The molecule has 1 atom stereocenters. The van der Waals surface area contributed by atoms with Crippen LogP contribution in [0.2, 0.25) is 0 Å². The Labute approximate surface area is 160 Å². The minimum absolute atomic E-state index is 0.0995. The number of anilines is 1. The molecule has 5 rings (SSSR count). The van der Waals surface area contributed by atoms with Crippen LogP contribution in [0.15, 0.2) is 57.6 Å². The molecule has 0 fully saturated rings. The van der Waals surface area contributed by atoms with E-state index in [1.807, 2.05) is 50.2 Å². The number of fused-ring (bicyclic) bond motifs is 3. The number of allylic oxidation sites excluding steroid dienone is 1. The molecule has 2 aliphatic rings. The monoisotopic (exact) mass is 371 g/mol. The highest BCUT2D eigenvalue weighted by Crippen LogP contribution is 2.47. The summed E-state index contributed by atoms with van der Waals surface area (Å²) < 4.78 is 0. The minimum Gasteiger partial charge on any atom is -0.340 e. The van der Waals surface area contributed by atoms with Gasteiger partial charge in [0, 0.05) is 22.6 Å². The standard InChI is InChI=1S/C22H17N3O3/c1-10-7-8-12(9-11(10)2)15-16-18(13-5-3-4-6-14(13)19(16)26)23-20-17(15)21(27)25-22(28)24-20/h3-9,15H,1-2H3,(H3,23,24,25,27,28). The third kappa shape index (κ3) is 2.18. The smallest absolute Gasteiger partial charge is 0.327 e. The van der Waals surface area contributed by atoms with Crippen LogP contribution in [0.5, 0.6) is 0 Å². The maximum absolute atomic E-state index is 13.3. The maximum Gasteiger partial charge on any atom is 0.327 e. The normalized spacial score (nSPS) is 17.1. The average Bonchev–Trinajstić information content (AvgIpc) is 2.95. The summed E-state index contributed by atoms with van der Waals surface area (Å²) >= 11 is 0. The van der Waals surface area contributed by atoms with Crippen LogP contribution in [-0.4, -0.2) is 15.8 Å². The van der Waals surface area contributed by atoms with Gasteiger partial charge in [-0.25, -0.2) is 4.79 Å². The van der Waals surface area contributed by atoms with Crippen molar-refractivity contribution < 1.29 is 4.79 Å². The number of carbonyl (C=O) groups is 1. The van der Waals surface area contributed by atoms with Crippen LogP contribution >= 0.6 is 0 Å². The Morgan fingerprint density at radius 3 is 2.36 bits per heavy atom. The Morgan fingerprint density at radius 1 is 0.857 bits per heavy atom. The number of Topliss-reactive ketones (excluding diaryl/α,β-unsaturated/α-hetero) is 1. The zero-order valence-electron chi connectivity index (χ0n) is 15.3. The number of ketones is 1. The predicted octanol–water partition coefficient (Wildman–Crippen LogP) is 2.85. The van der Waals surface area contributed by atoms with E-state index < -0.39 is 17.2 Å². The molecule has 6 nitrogen and oxygen atoms in total. The van der Waals surface area contributed by atoms with Gasteiger partial charge in [0.15, 0.2) is 5.78 Å². The molecule has 3 N–H and O–H groups in total. The topological polar surface area (TPSA) is 94.8 Å². The Bertz CT molecular complexity index is 1330. The third-order valence-corrected chi connectivity index (χ3v) is 5.63. The highest BCUT2D eigenvalue weighted by atomic mass is 16.2. The molecule has 2 heterocycles. The molecule has 0 saturated carbocycles. The van der Waals surface area contributed by atoms with Crippen LogP contribution in [0.25, 0.3) is 5.70 Å². The van der Waals surface area contributed by atoms with Crippen LogP contribution in [0.3, 0.4) is 0 Å². The summed E-state index contributed by atoms with van der Waals surface area (Å²) in [4.78, 5) is 42.9. The van der Waals surface area contributed by atoms with E-state index >= 15 is 0 Å². The number of benzene rings is 2. The molecular weight excluding hydrogens is 354 g/mol. The van der Waals surface area contributed by atoms with Crippen molar-refractivity contribution in [3.05, 3.63) is 102 Å². The quantitative estimate of drug-likeness (QED) is 0.613. The van der Waals surface area contributed by atoms with Crippen molar-refractivity contribution >= 4 is 17.3 Å². The van der Waals surface area contributed by atoms with Gasteiger partial charge in [-0.2, -0.15) is 0 Å². The van der Waals surface area contributed by atoms with E-state index in [1.165, 1.54) is 0 Å². The number of aryl methyl sites for hydroxylation is 2. The first-order valence-corrected chi connectivity index (χ1v) is 9.04. The molecule has 0 amide bonds. The second-order valence-corrected chi connectivity index (χ2v) is 7.26. The number of H-pyrrole nitrogens is 2. The Hall–Kier alpha value is -3.67. The summed E-state index contributed by atoms with van der Waals surface area (Å²) in [6.45, 7) is 4.01. The molecule has 28 heavy (non-hydrogen) atoms. The average molecular weight is 371 g/mol. The van der Waals surface area contributed by atoms with E-state index in [9.17, 15) is 14.4 Å². The maximum atomic E-state index is 13.3. The van der Waals surface area contributed by atoms with Crippen LogP contribution in [0.1, 0.15) is 44.1 Å². The van der Waals surface area contributed by atoms with Gasteiger partial charge in [0.05, 0.1) is 11.3 Å². The lowest BCUT2D eigenvalue weighted by Gasteiger charge is -2.27. The molecule has 138 valence electrons. The van der Waals surface area contributed by atoms with Crippen molar-refractivity contribution in [3.63, 3.8) is 0 Å². The van der Waals surface area contributed by atoms with Crippen molar-refractivity contribution in [3.8, 4) is 0 Å². The van der Waals surface area contributed by atoms with Crippen molar-refractivity contribution in [2.24, 2.45) is 0 Å². The van der Waals surface area contributed by atoms with Gasteiger partial charge in [-0.1, -0.05) is 42.5 Å². The lowest BCUT2D eigenvalue weighted by atomic mass is 9.81. The van der Waals surface area contributed by atoms with E-state index in [2.05, 4.69) is 15.3 Å². The summed E-state index contributed by atoms with van der Waals surface area (Å²) in [6, 6.07) is 13.3. The molecule has 0 saturated heterocycles. The Morgan fingerprint density at radius 2 is 1.61 bits per heavy atom. The number of hydrogen-bond acceptors (Lipinski definition) is 4. The number of carbonyl (C=O) groups excluding carboxylic acids is 1. The number of aromatic nitrogens is 2. The largest absolute Gasteiger partial charge is 0.340 e. The second kappa shape index (κ2) is 5.66. The zero-order valence-corrected chi connectivity index (χ0v) is 15.3. The van der Waals surface area contributed by atoms with Crippen LogP contribution < -0.4 is 16.6 Å². The number of aromatic amines is 2. The molecular formula is C22H17N3O3. The first-order valence-electron chi connectivity index (χ1n) is 9.04. The van der Waals surface area contributed by atoms with Crippen LogP contribution in [0, 0.1) is 13.8 Å². The minimum atomic E-state index is -0.586. The van der Waals surface area contributed by atoms with Crippen molar-refractivity contribution in [1.82, 2.24) is 9.97 Å². The van der Waals surface area contributed by atoms with E-state index in [0.717, 1.165) is 22.3 Å². The number of hydrogen-bond donors (Lipinski definition) is 3. The zero-order chi connectivity index (χ0) is 19.6. The fourth-order valence-electron chi connectivity index (χ4n) is 4.13. The van der Waals surface area contributed by atoms with Gasteiger partial charge < -0.3 is 5.32 Å². The lowest BCUT2D eigenvalue weighted by molar-refractivity contribution is 0.103. The van der Waals surface area contributed by atoms with Crippen molar-refractivity contribution in [2.45, 2.75) is 19.8 Å². The molecule has 1 aliphatic carbocycles. The Kier molecular flexibility index (Phi) is 3.34. The SMILES string of the molecule is Cc1ccc(C2C3=C(Nc4[nH]c(=O)[nH]c(=O)c42)c2ccccc2C3=O)cc1C. The summed E-state index contributed by atoms with van der Waals surface area (Å²) in [6.07, 6.45) is 0. The second-order valence-electron chi connectivity index (χ2n) is 7.26. The lowest BCUT2D eigenvalue weighted by Crippen LogP contribution is -2.33. The van der Waals surface area contributed by atoms with Crippen LogP contribution in [-0.2, 0) is 0 Å². The molecule has 2 aromatic carbocycles. The molecule has 1 aliphatic heterocycles. The van der Waals surface area contributed by atoms with Crippen molar-refractivity contribution in [1.29, 1.82) is 0 Å². The molecule has 1 unspecified atom stereocenters. The highest BCUT2D eigenvalue weighted by molar-refractivity contribution is 6.23. The summed E-state index contributed by atoms with van der Waals surface area (Å²) in [5.41, 5.74) is 4.88. The molecule has 0 radical (unpaired) electrons. The molecule has 6 heteroatoms. The van der Waals surface area contributed by atoms with E-state index in [-0.39, 0.29) is 5.78 Å². The van der Waals surface area contributed by atoms with Gasteiger partial charge in [0.2, 0.25) is 0 Å². The number of rotatable bonds is 1. The molecule has 0 bridgehead atoms. The number of nitrogens with one attached hydrogen (secondary N) is 3. The fraction of sp³-hybridized carbons (Fsp3) is 0.136. The fourth-order valence-corrected chi connectivity index (χ4v) is 4.13. The van der Waals surface area contributed by atoms with E-state index in [0.29, 0.717) is 28.2 Å². The first kappa shape index (κ1) is 16.5. The van der Waals surface area contributed by atoms with Gasteiger partial charge in [-0.3, -0.25) is 19.6 Å². The predicted molar refractivity (Wildman–Crippen MR) is 107 cm³/mol. The van der Waals surface area contributed by atoms with Gasteiger partial charge >= 0.3 is 5.69 Å². The molecule has 3 aromatic rings. The molecule has 0 spiro atoms. The summed E-state index contributed by atoms with van der Waals surface area (Å²) in [7, 11) is 0. The first-order chi connectivity index (χ1) is 13.5. The van der Waals surface area contributed by atoms with Gasteiger partial charge in [0.1, 0.15) is 5.82 Å². The Balaban J connectivity index is 1.85. The summed E-state index contributed by atoms with van der Waals surface area (Å²) in [5, 5.41) is 3.14. The van der Waals surface area contributed by atoms with Gasteiger partial charge in [0.25, 0.3) is 5.56 Å². The van der Waals surface area contributed by atoms with Gasteiger partial charge in [-0.15, -0.1) is 0 Å².